The molecule has 0 unspecified atom stereocenters. The SMILES string of the molecule is Cc1cc(C)nc(-n2nc(C)cc2NC(=O)CSc2nc3c(cc2C#N)CCCC3)n1. The van der Waals surface area contributed by atoms with E-state index in [9.17, 15) is 10.1 Å². The summed E-state index contributed by atoms with van der Waals surface area (Å²) in [6.07, 6.45) is 4.13. The lowest BCUT2D eigenvalue weighted by Crippen LogP contribution is -2.18. The van der Waals surface area contributed by atoms with Gasteiger partial charge in [0.25, 0.3) is 5.95 Å². The van der Waals surface area contributed by atoms with E-state index < -0.39 is 0 Å². The summed E-state index contributed by atoms with van der Waals surface area (Å²) in [5.41, 5.74) is 5.13. The molecule has 0 fully saturated rings. The van der Waals surface area contributed by atoms with Crippen molar-refractivity contribution < 1.29 is 4.79 Å². The highest BCUT2D eigenvalue weighted by Gasteiger charge is 2.18. The molecule has 31 heavy (non-hydrogen) atoms. The van der Waals surface area contributed by atoms with E-state index in [-0.39, 0.29) is 11.7 Å². The summed E-state index contributed by atoms with van der Waals surface area (Å²) in [6.45, 7) is 5.63. The van der Waals surface area contributed by atoms with Gasteiger partial charge in [-0.2, -0.15) is 15.0 Å². The molecule has 1 N–H and O–H groups in total. The first-order chi connectivity index (χ1) is 14.9. The maximum absolute atomic E-state index is 12.7. The average molecular weight is 434 g/mol. The van der Waals surface area contributed by atoms with Crippen LogP contribution in [0.1, 0.15) is 46.7 Å². The van der Waals surface area contributed by atoms with E-state index in [2.05, 4.69) is 31.4 Å². The zero-order chi connectivity index (χ0) is 22.0. The Balaban J connectivity index is 1.50. The van der Waals surface area contributed by atoms with E-state index in [0.717, 1.165) is 54.0 Å². The number of aryl methyl sites for hydroxylation is 5. The van der Waals surface area contributed by atoms with Crippen LogP contribution < -0.4 is 5.32 Å². The predicted octanol–water partition coefficient (Wildman–Crippen LogP) is 3.46. The molecule has 1 amide bonds. The molecular weight excluding hydrogens is 410 g/mol. The molecule has 3 aromatic rings. The molecule has 1 aliphatic rings. The first-order valence-corrected chi connectivity index (χ1v) is 11.2. The summed E-state index contributed by atoms with van der Waals surface area (Å²) in [5.74, 6) is 0.848. The number of fused-ring (bicyclic) bond motifs is 1. The number of nitrogens with one attached hydrogen (secondary N) is 1. The molecule has 0 saturated heterocycles. The van der Waals surface area contributed by atoms with Crippen LogP contribution in [0.25, 0.3) is 5.95 Å². The van der Waals surface area contributed by atoms with Gasteiger partial charge in [0.2, 0.25) is 5.91 Å². The number of nitriles is 1. The van der Waals surface area contributed by atoms with Crippen molar-refractivity contribution in [1.82, 2.24) is 24.7 Å². The van der Waals surface area contributed by atoms with Crippen LogP contribution in [0, 0.1) is 32.1 Å². The van der Waals surface area contributed by atoms with Crippen molar-refractivity contribution >= 4 is 23.5 Å². The minimum atomic E-state index is -0.209. The molecule has 0 aromatic carbocycles. The lowest BCUT2D eigenvalue weighted by atomic mass is 9.95. The fraction of sp³-hybridized carbons (Fsp3) is 0.364. The Hall–Kier alpha value is -3.25. The number of thioether (sulfide) groups is 1. The van der Waals surface area contributed by atoms with Crippen molar-refractivity contribution in [1.29, 1.82) is 5.26 Å². The Morgan fingerprint density at radius 3 is 2.58 bits per heavy atom. The van der Waals surface area contributed by atoms with E-state index >= 15 is 0 Å². The Morgan fingerprint density at radius 2 is 1.84 bits per heavy atom. The molecule has 3 heterocycles. The molecule has 0 saturated carbocycles. The number of aromatic nitrogens is 5. The zero-order valence-corrected chi connectivity index (χ0v) is 18.6. The summed E-state index contributed by atoms with van der Waals surface area (Å²) < 4.78 is 1.54. The van der Waals surface area contributed by atoms with Crippen molar-refractivity contribution in [2.75, 3.05) is 11.1 Å². The molecule has 0 radical (unpaired) electrons. The molecule has 4 rings (SSSR count). The summed E-state index contributed by atoms with van der Waals surface area (Å²) in [6, 6.07) is 7.81. The van der Waals surface area contributed by atoms with Gasteiger partial charge in [0, 0.05) is 23.1 Å². The standard InChI is InChI=1S/C22H23N7OS/c1-13-8-14(2)25-22(24-13)29-19(9-15(3)28-29)27-20(30)12-31-21-17(11-23)10-16-6-4-5-7-18(16)26-21/h8-10H,4-7,12H2,1-3H3,(H,27,30). The van der Waals surface area contributed by atoms with E-state index in [4.69, 9.17) is 0 Å². The third-order valence-corrected chi connectivity index (χ3v) is 5.98. The van der Waals surface area contributed by atoms with Crippen molar-refractivity contribution in [2.45, 2.75) is 51.5 Å². The molecule has 0 spiro atoms. The predicted molar refractivity (Wildman–Crippen MR) is 118 cm³/mol. The number of carbonyl (C=O) groups excluding carboxylic acids is 1. The fourth-order valence-corrected chi connectivity index (χ4v) is 4.44. The molecule has 8 nitrogen and oxygen atoms in total. The minimum Gasteiger partial charge on any atom is -0.310 e. The molecular formula is C22H23N7OS. The van der Waals surface area contributed by atoms with E-state index in [0.29, 0.717) is 22.4 Å². The van der Waals surface area contributed by atoms with Crippen LogP contribution >= 0.6 is 11.8 Å². The van der Waals surface area contributed by atoms with Crippen LogP contribution in [0.15, 0.2) is 23.2 Å². The zero-order valence-electron chi connectivity index (χ0n) is 17.8. The van der Waals surface area contributed by atoms with Gasteiger partial charge in [-0.1, -0.05) is 11.8 Å². The molecule has 9 heteroatoms. The number of carbonyl (C=O) groups is 1. The van der Waals surface area contributed by atoms with E-state index in [1.807, 2.05) is 32.9 Å². The van der Waals surface area contributed by atoms with Gasteiger partial charge in [-0.25, -0.2) is 15.0 Å². The highest BCUT2D eigenvalue weighted by atomic mass is 32.2. The summed E-state index contributed by atoms with van der Waals surface area (Å²) in [5, 5.41) is 17.4. The number of rotatable bonds is 5. The molecule has 158 valence electrons. The van der Waals surface area contributed by atoms with Gasteiger partial charge in [-0.05, 0) is 64.2 Å². The Labute approximate surface area is 185 Å². The highest BCUT2D eigenvalue weighted by Crippen LogP contribution is 2.27. The second-order valence-electron chi connectivity index (χ2n) is 7.64. The third-order valence-electron chi connectivity index (χ3n) is 4.99. The quantitative estimate of drug-likeness (QED) is 0.614. The molecule has 0 aliphatic heterocycles. The first-order valence-electron chi connectivity index (χ1n) is 10.2. The third kappa shape index (κ3) is 4.75. The fourth-order valence-electron chi connectivity index (χ4n) is 3.66. The number of pyridine rings is 1. The number of hydrogen-bond donors (Lipinski definition) is 1. The first kappa shape index (κ1) is 21.0. The van der Waals surface area contributed by atoms with Gasteiger partial charge >= 0.3 is 0 Å². The van der Waals surface area contributed by atoms with Gasteiger partial charge in [0.15, 0.2) is 0 Å². The molecule has 0 atom stereocenters. The van der Waals surface area contributed by atoms with Gasteiger partial charge in [-0.3, -0.25) is 4.79 Å². The highest BCUT2D eigenvalue weighted by molar-refractivity contribution is 8.00. The molecule has 0 bridgehead atoms. The topological polar surface area (TPSA) is 109 Å². The Morgan fingerprint density at radius 1 is 1.10 bits per heavy atom. The summed E-state index contributed by atoms with van der Waals surface area (Å²) >= 11 is 1.28. The molecule has 1 aliphatic carbocycles. The number of amides is 1. The number of hydrogen-bond acceptors (Lipinski definition) is 7. The Kier molecular flexibility index (Phi) is 6.00. The maximum atomic E-state index is 12.7. The lowest BCUT2D eigenvalue weighted by molar-refractivity contribution is -0.113. The van der Waals surface area contributed by atoms with E-state index in [1.165, 1.54) is 16.4 Å². The summed E-state index contributed by atoms with van der Waals surface area (Å²) in [7, 11) is 0. The number of anilines is 1. The largest absolute Gasteiger partial charge is 0.310 e. The monoisotopic (exact) mass is 433 g/mol. The van der Waals surface area contributed by atoms with E-state index in [1.54, 1.807) is 6.07 Å². The van der Waals surface area contributed by atoms with Gasteiger partial charge in [0.05, 0.1) is 17.0 Å². The minimum absolute atomic E-state index is 0.137. The van der Waals surface area contributed by atoms with Crippen LogP contribution in [0.4, 0.5) is 5.82 Å². The van der Waals surface area contributed by atoms with Crippen molar-refractivity contribution in [3.63, 3.8) is 0 Å². The van der Waals surface area contributed by atoms with Crippen LogP contribution in [-0.4, -0.2) is 36.4 Å². The number of nitrogens with zero attached hydrogens (tertiary/aromatic N) is 6. The second-order valence-corrected chi connectivity index (χ2v) is 8.60. The normalized spacial score (nSPS) is 12.8. The van der Waals surface area contributed by atoms with Crippen molar-refractivity contribution in [3.05, 3.63) is 52.1 Å². The molecule has 3 aromatic heterocycles. The van der Waals surface area contributed by atoms with Crippen molar-refractivity contribution in [2.24, 2.45) is 0 Å². The average Bonchev–Trinajstić information content (AvgIpc) is 3.10. The van der Waals surface area contributed by atoms with Gasteiger partial charge in [0.1, 0.15) is 16.9 Å². The van der Waals surface area contributed by atoms with Crippen LogP contribution in [0.3, 0.4) is 0 Å². The summed E-state index contributed by atoms with van der Waals surface area (Å²) in [4.78, 5) is 26.2. The van der Waals surface area contributed by atoms with Crippen LogP contribution in [0.5, 0.6) is 0 Å². The van der Waals surface area contributed by atoms with Crippen LogP contribution in [-0.2, 0) is 17.6 Å². The lowest BCUT2D eigenvalue weighted by Gasteiger charge is -2.16. The van der Waals surface area contributed by atoms with Crippen LogP contribution in [0.2, 0.25) is 0 Å². The van der Waals surface area contributed by atoms with Gasteiger partial charge in [-0.15, -0.1) is 0 Å². The Bertz CT molecular complexity index is 1180. The van der Waals surface area contributed by atoms with Gasteiger partial charge < -0.3 is 5.32 Å². The second kappa shape index (κ2) is 8.86. The van der Waals surface area contributed by atoms with Crippen molar-refractivity contribution in [3.8, 4) is 12.0 Å². The maximum Gasteiger partial charge on any atom is 0.252 e. The smallest absolute Gasteiger partial charge is 0.252 e.